The van der Waals surface area contributed by atoms with E-state index >= 15 is 0 Å². The second-order valence-corrected chi connectivity index (χ2v) is 5.48. The van der Waals surface area contributed by atoms with Gasteiger partial charge in [-0.15, -0.1) is 0 Å². The molecular weight excluding hydrogens is 234 g/mol. The minimum atomic E-state index is 0.315. The number of likely N-dealkylation sites (N-methyl/N-ethyl adjacent to an activating group) is 1. The van der Waals surface area contributed by atoms with Crippen LogP contribution in [-0.2, 0) is 18.2 Å². The molecule has 2 heterocycles. The number of ether oxygens (including phenoxy) is 1. The summed E-state index contributed by atoms with van der Waals surface area (Å²) in [6.07, 6.45) is 3.25. The number of hydrogen-bond acceptors (Lipinski definition) is 4. The number of hydrogen-bond donors (Lipinski definition) is 1. The van der Waals surface area contributed by atoms with E-state index in [0.29, 0.717) is 12.1 Å². The zero-order chi connectivity index (χ0) is 12.1. The van der Waals surface area contributed by atoms with Crippen molar-refractivity contribution in [2.24, 2.45) is 7.05 Å². The molecule has 17 heavy (non-hydrogen) atoms. The number of rotatable bonds is 5. The molecule has 4 nitrogen and oxygen atoms in total. The molecule has 1 aliphatic rings. The first kappa shape index (κ1) is 12.9. The normalized spacial score (nSPS) is 22.6. The molecule has 0 aromatic carbocycles. The lowest BCUT2D eigenvalue weighted by molar-refractivity contribution is 0.0473. The van der Waals surface area contributed by atoms with Crippen LogP contribution in [0, 0.1) is 0 Å². The van der Waals surface area contributed by atoms with Crippen molar-refractivity contribution in [1.82, 2.24) is 15.1 Å². The molecule has 0 amide bonds. The molecule has 1 aromatic heterocycles. The van der Waals surface area contributed by atoms with Crippen molar-refractivity contribution >= 4 is 11.8 Å². The Morgan fingerprint density at radius 1 is 1.71 bits per heavy atom. The van der Waals surface area contributed by atoms with Gasteiger partial charge in [-0.1, -0.05) is 6.92 Å². The average Bonchev–Trinajstić information content (AvgIpc) is 2.75. The summed E-state index contributed by atoms with van der Waals surface area (Å²) < 4.78 is 7.71. The molecule has 0 radical (unpaired) electrons. The quantitative estimate of drug-likeness (QED) is 0.854. The molecule has 1 aromatic rings. The van der Waals surface area contributed by atoms with Crippen molar-refractivity contribution < 1.29 is 4.74 Å². The highest BCUT2D eigenvalue weighted by Gasteiger charge is 2.24. The highest BCUT2D eigenvalue weighted by atomic mass is 32.2. The molecule has 0 saturated carbocycles. The van der Waals surface area contributed by atoms with Crippen molar-refractivity contribution in [2.45, 2.75) is 25.5 Å². The fraction of sp³-hybridized carbons (Fsp3) is 0.750. The Labute approximate surface area is 107 Å². The van der Waals surface area contributed by atoms with Gasteiger partial charge in [-0.05, 0) is 12.6 Å². The number of aromatic nitrogens is 2. The van der Waals surface area contributed by atoms with Gasteiger partial charge in [0.05, 0.1) is 18.4 Å². The zero-order valence-corrected chi connectivity index (χ0v) is 11.4. The van der Waals surface area contributed by atoms with E-state index in [1.807, 2.05) is 29.7 Å². The molecular formula is C12H21N3OS. The molecule has 1 aliphatic heterocycles. The maximum absolute atomic E-state index is 5.85. The average molecular weight is 255 g/mol. The summed E-state index contributed by atoms with van der Waals surface area (Å²) >= 11 is 1.98. The third-order valence-electron chi connectivity index (χ3n) is 2.95. The van der Waals surface area contributed by atoms with E-state index in [1.54, 1.807) is 0 Å². The highest BCUT2D eigenvalue weighted by molar-refractivity contribution is 7.99. The van der Waals surface area contributed by atoms with Crippen molar-refractivity contribution in [2.75, 3.05) is 24.7 Å². The summed E-state index contributed by atoms with van der Waals surface area (Å²) in [5.74, 6) is 2.21. The summed E-state index contributed by atoms with van der Waals surface area (Å²) in [4.78, 5) is 0. The van der Waals surface area contributed by atoms with Crippen molar-refractivity contribution in [3.8, 4) is 0 Å². The Morgan fingerprint density at radius 3 is 3.18 bits per heavy atom. The van der Waals surface area contributed by atoms with Crippen LogP contribution in [0.3, 0.4) is 0 Å². The molecule has 2 atom stereocenters. The lowest BCUT2D eigenvalue weighted by atomic mass is 10.1. The van der Waals surface area contributed by atoms with Crippen molar-refractivity contribution in [1.29, 1.82) is 0 Å². The van der Waals surface area contributed by atoms with E-state index in [4.69, 9.17) is 4.74 Å². The van der Waals surface area contributed by atoms with Gasteiger partial charge in [-0.3, -0.25) is 4.68 Å². The van der Waals surface area contributed by atoms with E-state index in [-0.39, 0.29) is 0 Å². The molecule has 5 heteroatoms. The maximum atomic E-state index is 5.85. The molecule has 96 valence electrons. The third-order valence-corrected chi connectivity index (χ3v) is 3.97. The Bertz CT molecular complexity index is 336. The number of thioether (sulfide) groups is 1. The number of nitrogens with one attached hydrogen (secondary N) is 1. The van der Waals surface area contributed by atoms with E-state index in [9.17, 15) is 0 Å². The minimum Gasteiger partial charge on any atom is -0.375 e. The lowest BCUT2D eigenvalue weighted by Crippen LogP contribution is -2.46. The van der Waals surface area contributed by atoms with Gasteiger partial charge >= 0.3 is 0 Å². The van der Waals surface area contributed by atoms with Gasteiger partial charge in [-0.25, -0.2) is 0 Å². The van der Waals surface area contributed by atoms with E-state index in [2.05, 4.69) is 23.4 Å². The van der Waals surface area contributed by atoms with Gasteiger partial charge in [0.15, 0.2) is 0 Å². The summed E-state index contributed by atoms with van der Waals surface area (Å²) in [6.45, 7) is 3.99. The molecule has 0 bridgehead atoms. The zero-order valence-electron chi connectivity index (χ0n) is 10.6. The molecule has 0 spiro atoms. The maximum Gasteiger partial charge on any atom is 0.0822 e. The lowest BCUT2D eigenvalue weighted by Gasteiger charge is -2.30. The predicted octanol–water partition coefficient (Wildman–Crippen LogP) is 1.07. The van der Waals surface area contributed by atoms with Crippen LogP contribution in [0.5, 0.6) is 0 Å². The Hall–Kier alpha value is -0.520. The van der Waals surface area contributed by atoms with Gasteiger partial charge in [0.2, 0.25) is 0 Å². The van der Waals surface area contributed by atoms with Crippen LogP contribution in [0.1, 0.15) is 12.6 Å². The van der Waals surface area contributed by atoms with Crippen LogP contribution in [0.2, 0.25) is 0 Å². The topological polar surface area (TPSA) is 39.1 Å². The fourth-order valence-electron chi connectivity index (χ4n) is 2.13. The van der Waals surface area contributed by atoms with Gasteiger partial charge in [-0.2, -0.15) is 16.9 Å². The highest BCUT2D eigenvalue weighted by Crippen LogP contribution is 2.17. The smallest absolute Gasteiger partial charge is 0.0822 e. The van der Waals surface area contributed by atoms with Crippen LogP contribution >= 0.6 is 11.8 Å². The molecule has 1 fully saturated rings. The van der Waals surface area contributed by atoms with Crippen LogP contribution in [-0.4, -0.2) is 46.6 Å². The van der Waals surface area contributed by atoms with E-state index in [0.717, 1.165) is 36.8 Å². The monoisotopic (exact) mass is 255 g/mol. The van der Waals surface area contributed by atoms with Gasteiger partial charge in [0.25, 0.3) is 0 Å². The van der Waals surface area contributed by atoms with Gasteiger partial charge < -0.3 is 10.1 Å². The summed E-state index contributed by atoms with van der Waals surface area (Å²) in [5, 5.41) is 7.96. The van der Waals surface area contributed by atoms with Crippen LogP contribution in [0.15, 0.2) is 12.3 Å². The summed E-state index contributed by atoms with van der Waals surface area (Å²) in [7, 11) is 1.96. The predicted molar refractivity (Wildman–Crippen MR) is 71.4 cm³/mol. The Morgan fingerprint density at radius 2 is 2.59 bits per heavy atom. The number of aryl methyl sites for hydroxylation is 1. The van der Waals surface area contributed by atoms with E-state index < -0.39 is 0 Å². The van der Waals surface area contributed by atoms with Gasteiger partial charge in [0, 0.05) is 37.2 Å². The van der Waals surface area contributed by atoms with Crippen LogP contribution in [0.25, 0.3) is 0 Å². The largest absolute Gasteiger partial charge is 0.375 e. The molecule has 1 saturated heterocycles. The van der Waals surface area contributed by atoms with E-state index in [1.165, 1.54) is 0 Å². The number of nitrogens with zero attached hydrogens (tertiary/aromatic N) is 2. The first-order valence-corrected chi connectivity index (χ1v) is 7.36. The van der Waals surface area contributed by atoms with Crippen molar-refractivity contribution in [3.05, 3.63) is 18.0 Å². The Balaban J connectivity index is 1.95. The first-order chi connectivity index (χ1) is 8.29. The van der Waals surface area contributed by atoms with Gasteiger partial charge in [0.1, 0.15) is 0 Å². The second kappa shape index (κ2) is 6.42. The fourth-order valence-corrected chi connectivity index (χ4v) is 3.07. The third kappa shape index (κ3) is 3.72. The van der Waals surface area contributed by atoms with Crippen molar-refractivity contribution in [3.63, 3.8) is 0 Å². The second-order valence-electron chi connectivity index (χ2n) is 4.33. The summed E-state index contributed by atoms with van der Waals surface area (Å²) in [6, 6.07) is 2.46. The van der Waals surface area contributed by atoms with Crippen LogP contribution in [0.4, 0.5) is 0 Å². The summed E-state index contributed by atoms with van der Waals surface area (Å²) in [5.41, 5.74) is 1.14. The molecule has 0 aliphatic carbocycles. The standard InChI is InChI=1S/C12H21N3OS/c1-3-13-11(12-9-17-7-6-16-12)8-10-4-5-15(2)14-10/h4-5,11-13H,3,6-9H2,1-2H3. The SMILES string of the molecule is CCNC(Cc1ccn(C)n1)C1CSCCO1. The van der Waals surface area contributed by atoms with Crippen LogP contribution < -0.4 is 5.32 Å². The molecule has 1 N–H and O–H groups in total. The first-order valence-electron chi connectivity index (χ1n) is 6.21. The molecule has 2 unspecified atom stereocenters. The molecule has 2 rings (SSSR count). The Kier molecular flexibility index (Phi) is 4.88. The minimum absolute atomic E-state index is 0.315.